The maximum Gasteiger partial charge on any atom is 0.123 e. The Morgan fingerprint density at radius 2 is 0.938 bits per heavy atom. The van der Waals surface area contributed by atoms with Crippen molar-refractivity contribution in [2.45, 2.75) is 0 Å². The van der Waals surface area contributed by atoms with Gasteiger partial charge >= 0.3 is 0 Å². The fourth-order valence-electron chi connectivity index (χ4n) is 1.23. The van der Waals surface area contributed by atoms with Crippen molar-refractivity contribution in [2.24, 2.45) is 0 Å². The summed E-state index contributed by atoms with van der Waals surface area (Å²) in [7, 11) is 0.436. The summed E-state index contributed by atoms with van der Waals surface area (Å²) in [5.74, 6) is -0.467. The van der Waals surface area contributed by atoms with E-state index in [1.807, 2.05) is 0 Å². The van der Waals surface area contributed by atoms with Crippen LogP contribution >= 0.6 is 8.58 Å². The van der Waals surface area contributed by atoms with Gasteiger partial charge in [-0.3, -0.25) is 0 Å². The molecule has 2 rings (SSSR count). The second-order valence-electron chi connectivity index (χ2n) is 3.14. The monoisotopic (exact) mass is 236 g/mol. The highest BCUT2D eigenvalue weighted by Gasteiger charge is 1.97. The van der Waals surface area contributed by atoms with Gasteiger partial charge in [-0.15, -0.1) is 0 Å². The average Bonchev–Trinajstić information content (AvgIpc) is 2.25. The molecule has 0 radical (unpaired) electrons. The molecular formula is C12H12BF2P. The molecule has 0 atom stereocenters. The van der Waals surface area contributed by atoms with Crippen molar-refractivity contribution in [3.05, 3.63) is 60.2 Å². The minimum absolute atomic E-state index is 0. The van der Waals surface area contributed by atoms with Gasteiger partial charge in [0, 0.05) is 0 Å². The number of hydrogen-bond acceptors (Lipinski definition) is 0. The minimum Gasteiger partial charge on any atom is -0.207 e. The van der Waals surface area contributed by atoms with Crippen molar-refractivity contribution < 1.29 is 8.78 Å². The first-order chi connectivity index (χ1) is 7.24. The van der Waals surface area contributed by atoms with Crippen LogP contribution in [0.1, 0.15) is 0 Å². The SMILES string of the molecule is B.Fc1ccc(Pc2ccc(F)cc2)cc1. The van der Waals surface area contributed by atoms with E-state index in [0.717, 1.165) is 10.6 Å². The number of rotatable bonds is 2. The highest BCUT2D eigenvalue weighted by atomic mass is 31.1. The molecule has 0 aliphatic carbocycles. The second-order valence-corrected chi connectivity index (χ2v) is 4.54. The van der Waals surface area contributed by atoms with E-state index in [-0.39, 0.29) is 20.0 Å². The lowest BCUT2D eigenvalue weighted by Crippen LogP contribution is -2.02. The van der Waals surface area contributed by atoms with Crippen LogP contribution in [0.5, 0.6) is 0 Å². The van der Waals surface area contributed by atoms with Gasteiger partial charge in [0.1, 0.15) is 11.6 Å². The van der Waals surface area contributed by atoms with Gasteiger partial charge in [0.25, 0.3) is 0 Å². The van der Waals surface area contributed by atoms with Crippen LogP contribution in [0.25, 0.3) is 0 Å². The van der Waals surface area contributed by atoms with Crippen molar-refractivity contribution >= 4 is 27.6 Å². The molecule has 16 heavy (non-hydrogen) atoms. The Balaban J connectivity index is 0.00000128. The predicted molar refractivity (Wildman–Crippen MR) is 70.3 cm³/mol. The summed E-state index contributed by atoms with van der Waals surface area (Å²) in [4.78, 5) is 0. The van der Waals surface area contributed by atoms with Gasteiger partial charge < -0.3 is 0 Å². The van der Waals surface area contributed by atoms with Crippen molar-refractivity contribution in [1.29, 1.82) is 0 Å². The molecule has 0 saturated heterocycles. The third-order valence-corrected chi connectivity index (χ3v) is 3.22. The minimum atomic E-state index is -0.234. The Morgan fingerprint density at radius 3 is 1.25 bits per heavy atom. The molecule has 0 unspecified atom stereocenters. The molecule has 2 aromatic carbocycles. The Morgan fingerprint density at radius 1 is 0.625 bits per heavy atom. The first kappa shape index (κ1) is 12.9. The van der Waals surface area contributed by atoms with Gasteiger partial charge in [-0.25, -0.2) is 8.78 Å². The Bertz CT molecular complexity index is 396. The lowest BCUT2D eigenvalue weighted by molar-refractivity contribution is 0.628. The van der Waals surface area contributed by atoms with Crippen LogP contribution in [0.3, 0.4) is 0 Å². The molecule has 0 aliphatic rings. The normalized spacial score (nSPS) is 9.62. The van der Waals surface area contributed by atoms with Gasteiger partial charge in [-0.05, 0) is 34.9 Å². The van der Waals surface area contributed by atoms with Crippen molar-refractivity contribution in [3.8, 4) is 0 Å². The van der Waals surface area contributed by atoms with Crippen LogP contribution in [-0.2, 0) is 0 Å². The number of benzene rings is 2. The molecule has 0 fully saturated rings. The van der Waals surface area contributed by atoms with E-state index in [1.165, 1.54) is 24.3 Å². The molecule has 0 amide bonds. The van der Waals surface area contributed by atoms with Crippen LogP contribution in [0.2, 0.25) is 0 Å². The predicted octanol–water partition coefficient (Wildman–Crippen LogP) is 1.41. The summed E-state index contributed by atoms with van der Waals surface area (Å²) < 4.78 is 25.3. The Kier molecular flexibility index (Phi) is 4.63. The maximum absolute atomic E-state index is 12.6. The number of hydrogen-bond donors (Lipinski definition) is 0. The zero-order valence-corrected chi connectivity index (χ0v) is 8.87. The van der Waals surface area contributed by atoms with Crippen LogP contribution in [0.15, 0.2) is 48.5 Å². The van der Waals surface area contributed by atoms with E-state index in [9.17, 15) is 8.78 Å². The Labute approximate surface area is 97.1 Å². The highest BCUT2D eigenvalue weighted by Crippen LogP contribution is 2.11. The van der Waals surface area contributed by atoms with E-state index in [4.69, 9.17) is 0 Å². The standard InChI is InChI=1S/C12H9F2P.BH3/c13-9-1-5-11(6-2-9)15-12-7-3-10(14)4-8-12;/h1-8,15H;1H3. The lowest BCUT2D eigenvalue weighted by atomic mass is 10.3. The molecule has 0 aliphatic heterocycles. The first-order valence-electron chi connectivity index (χ1n) is 4.52. The summed E-state index contributed by atoms with van der Waals surface area (Å²) in [5.41, 5.74) is 0. The van der Waals surface area contributed by atoms with Crippen molar-refractivity contribution in [1.82, 2.24) is 0 Å². The van der Waals surface area contributed by atoms with Gasteiger partial charge in [0.15, 0.2) is 0 Å². The topological polar surface area (TPSA) is 0 Å². The van der Waals surface area contributed by atoms with Crippen LogP contribution in [-0.4, -0.2) is 8.41 Å². The van der Waals surface area contributed by atoms with E-state index in [2.05, 4.69) is 0 Å². The van der Waals surface area contributed by atoms with E-state index in [1.54, 1.807) is 24.3 Å². The van der Waals surface area contributed by atoms with Crippen LogP contribution < -0.4 is 10.6 Å². The molecule has 2 aromatic rings. The van der Waals surface area contributed by atoms with Gasteiger partial charge in [0.2, 0.25) is 0 Å². The molecule has 0 saturated carbocycles. The van der Waals surface area contributed by atoms with Crippen LogP contribution in [0.4, 0.5) is 8.78 Å². The fourth-order valence-corrected chi connectivity index (χ4v) is 2.23. The highest BCUT2D eigenvalue weighted by molar-refractivity contribution is 7.55. The summed E-state index contributed by atoms with van der Waals surface area (Å²) in [5, 5.41) is 2.09. The molecule has 0 aromatic heterocycles. The molecular weight excluding hydrogens is 224 g/mol. The summed E-state index contributed by atoms with van der Waals surface area (Å²) in [6, 6.07) is 12.7. The molecule has 0 heterocycles. The molecule has 0 bridgehead atoms. The first-order valence-corrected chi connectivity index (χ1v) is 5.52. The second kappa shape index (κ2) is 5.76. The fraction of sp³-hybridized carbons (Fsp3) is 0. The lowest BCUT2D eigenvalue weighted by Gasteiger charge is -2.01. The molecule has 4 heteroatoms. The van der Waals surface area contributed by atoms with Crippen molar-refractivity contribution in [3.63, 3.8) is 0 Å². The molecule has 0 N–H and O–H groups in total. The molecule has 0 nitrogen and oxygen atoms in total. The zero-order valence-electron chi connectivity index (χ0n) is 7.87. The van der Waals surface area contributed by atoms with Crippen LogP contribution in [0, 0.1) is 11.6 Å². The third-order valence-electron chi connectivity index (χ3n) is 1.98. The quantitative estimate of drug-likeness (QED) is 0.546. The molecule has 82 valence electrons. The summed E-state index contributed by atoms with van der Waals surface area (Å²) >= 11 is 0. The van der Waals surface area contributed by atoms with Gasteiger partial charge in [-0.2, -0.15) is 0 Å². The number of halogens is 2. The summed E-state index contributed by atoms with van der Waals surface area (Å²) in [6.07, 6.45) is 0. The largest absolute Gasteiger partial charge is 0.207 e. The summed E-state index contributed by atoms with van der Waals surface area (Å²) in [6.45, 7) is 0. The Hall–Kier alpha value is -1.21. The zero-order chi connectivity index (χ0) is 10.7. The van der Waals surface area contributed by atoms with Crippen molar-refractivity contribution in [2.75, 3.05) is 0 Å². The van der Waals surface area contributed by atoms with E-state index < -0.39 is 0 Å². The maximum atomic E-state index is 12.6. The van der Waals surface area contributed by atoms with Gasteiger partial charge in [-0.1, -0.05) is 32.8 Å². The third kappa shape index (κ3) is 3.43. The molecule has 0 spiro atoms. The smallest absolute Gasteiger partial charge is 0.123 e. The average molecular weight is 236 g/mol. The van der Waals surface area contributed by atoms with Gasteiger partial charge in [0.05, 0.1) is 8.41 Å². The van der Waals surface area contributed by atoms with E-state index in [0.29, 0.717) is 8.58 Å². The van der Waals surface area contributed by atoms with E-state index >= 15 is 0 Å².